The molecule has 2 N–H and O–H groups in total. The number of hydrogen-bond donors (Lipinski definition) is 1. The zero-order chi connectivity index (χ0) is 14.2. The SMILES string of the molecule is NCc1ccccc1OCCCSc1ccc(Cl)cc1. The van der Waals surface area contributed by atoms with Gasteiger partial charge in [-0.15, -0.1) is 11.8 Å². The number of benzene rings is 2. The second-order valence-corrected chi connectivity index (χ2v) is 5.92. The summed E-state index contributed by atoms with van der Waals surface area (Å²) in [5.41, 5.74) is 6.73. The topological polar surface area (TPSA) is 35.2 Å². The Bertz CT molecular complexity index is 530. The fraction of sp³-hybridized carbons (Fsp3) is 0.250. The Morgan fingerprint density at radius 3 is 2.55 bits per heavy atom. The highest BCUT2D eigenvalue weighted by Gasteiger charge is 2.00. The maximum atomic E-state index is 5.85. The van der Waals surface area contributed by atoms with Gasteiger partial charge in [0.1, 0.15) is 5.75 Å². The van der Waals surface area contributed by atoms with Crippen molar-refractivity contribution in [1.82, 2.24) is 0 Å². The third kappa shape index (κ3) is 4.75. The minimum atomic E-state index is 0.510. The van der Waals surface area contributed by atoms with Gasteiger partial charge in [-0.25, -0.2) is 0 Å². The van der Waals surface area contributed by atoms with Gasteiger partial charge in [-0.3, -0.25) is 0 Å². The van der Waals surface area contributed by atoms with E-state index in [2.05, 4.69) is 0 Å². The molecular weight excluding hydrogens is 290 g/mol. The summed E-state index contributed by atoms with van der Waals surface area (Å²) < 4.78 is 5.77. The lowest BCUT2D eigenvalue weighted by atomic mass is 10.2. The predicted octanol–water partition coefficient (Wildman–Crippen LogP) is 4.36. The Hall–Kier alpha value is -1.16. The third-order valence-electron chi connectivity index (χ3n) is 2.82. The summed E-state index contributed by atoms with van der Waals surface area (Å²) in [6.07, 6.45) is 0.992. The van der Waals surface area contributed by atoms with Gasteiger partial charge in [0.25, 0.3) is 0 Å². The first-order valence-electron chi connectivity index (χ1n) is 6.59. The average Bonchev–Trinajstić information content (AvgIpc) is 2.49. The fourth-order valence-corrected chi connectivity index (χ4v) is 2.73. The van der Waals surface area contributed by atoms with E-state index in [4.69, 9.17) is 22.1 Å². The van der Waals surface area contributed by atoms with Crippen LogP contribution in [0.25, 0.3) is 0 Å². The number of halogens is 1. The Kier molecular flexibility index (Phi) is 6.25. The molecule has 0 aliphatic rings. The maximum absolute atomic E-state index is 5.85. The molecule has 20 heavy (non-hydrogen) atoms. The van der Waals surface area contributed by atoms with Gasteiger partial charge in [0.2, 0.25) is 0 Å². The lowest BCUT2D eigenvalue weighted by Gasteiger charge is -2.09. The first-order valence-corrected chi connectivity index (χ1v) is 7.95. The van der Waals surface area contributed by atoms with E-state index in [1.165, 1.54) is 4.90 Å². The van der Waals surface area contributed by atoms with Gasteiger partial charge in [0, 0.05) is 27.8 Å². The molecule has 0 unspecified atom stereocenters. The van der Waals surface area contributed by atoms with Crippen LogP contribution >= 0.6 is 23.4 Å². The van der Waals surface area contributed by atoms with Crippen LogP contribution in [0.1, 0.15) is 12.0 Å². The fourth-order valence-electron chi connectivity index (χ4n) is 1.78. The van der Waals surface area contributed by atoms with Crippen LogP contribution in [0.4, 0.5) is 0 Å². The van der Waals surface area contributed by atoms with Crippen molar-refractivity contribution in [3.63, 3.8) is 0 Å². The average molecular weight is 308 g/mol. The highest BCUT2D eigenvalue weighted by atomic mass is 35.5. The molecule has 0 radical (unpaired) electrons. The van der Waals surface area contributed by atoms with E-state index >= 15 is 0 Å². The maximum Gasteiger partial charge on any atom is 0.123 e. The van der Waals surface area contributed by atoms with E-state index in [-0.39, 0.29) is 0 Å². The molecule has 0 aromatic heterocycles. The third-order valence-corrected chi connectivity index (χ3v) is 4.17. The molecule has 0 aliphatic carbocycles. The molecule has 106 valence electrons. The van der Waals surface area contributed by atoms with E-state index in [1.807, 2.05) is 60.3 Å². The van der Waals surface area contributed by atoms with Crippen LogP contribution in [-0.4, -0.2) is 12.4 Å². The molecule has 2 aromatic rings. The van der Waals surface area contributed by atoms with Crippen molar-refractivity contribution < 1.29 is 4.74 Å². The summed E-state index contributed by atoms with van der Waals surface area (Å²) in [7, 11) is 0. The predicted molar refractivity (Wildman–Crippen MR) is 86.6 cm³/mol. The summed E-state index contributed by atoms with van der Waals surface area (Å²) in [6, 6.07) is 15.8. The Morgan fingerprint density at radius 1 is 1.05 bits per heavy atom. The van der Waals surface area contributed by atoms with Crippen molar-refractivity contribution in [2.45, 2.75) is 17.9 Å². The Labute approximate surface area is 129 Å². The number of nitrogens with two attached hydrogens (primary N) is 1. The highest BCUT2D eigenvalue weighted by Crippen LogP contribution is 2.21. The van der Waals surface area contributed by atoms with Crippen LogP contribution in [0.3, 0.4) is 0 Å². The molecule has 2 nitrogen and oxygen atoms in total. The standard InChI is InChI=1S/C16H18ClNOS/c17-14-6-8-15(9-7-14)20-11-3-10-19-16-5-2-1-4-13(16)12-18/h1-2,4-9H,3,10-12,18H2. The van der Waals surface area contributed by atoms with Crippen molar-refractivity contribution in [1.29, 1.82) is 0 Å². The first-order chi connectivity index (χ1) is 9.79. The first kappa shape index (κ1) is 15.2. The summed E-state index contributed by atoms with van der Waals surface area (Å²) in [4.78, 5) is 1.23. The van der Waals surface area contributed by atoms with Crippen molar-refractivity contribution in [2.75, 3.05) is 12.4 Å². The molecule has 0 atom stereocenters. The summed E-state index contributed by atoms with van der Waals surface area (Å²) >= 11 is 7.66. The Morgan fingerprint density at radius 2 is 1.80 bits per heavy atom. The van der Waals surface area contributed by atoms with Crippen molar-refractivity contribution in [3.05, 3.63) is 59.1 Å². The van der Waals surface area contributed by atoms with E-state index in [0.29, 0.717) is 13.2 Å². The second-order valence-electron chi connectivity index (χ2n) is 4.32. The number of thioether (sulfide) groups is 1. The van der Waals surface area contributed by atoms with Gasteiger partial charge < -0.3 is 10.5 Å². The molecule has 0 heterocycles. The minimum absolute atomic E-state index is 0.510. The van der Waals surface area contributed by atoms with Crippen molar-refractivity contribution >= 4 is 23.4 Å². The van der Waals surface area contributed by atoms with Crippen LogP contribution < -0.4 is 10.5 Å². The normalized spacial score (nSPS) is 10.5. The van der Waals surface area contributed by atoms with E-state index < -0.39 is 0 Å². The van der Waals surface area contributed by atoms with Gasteiger partial charge in [0.05, 0.1) is 6.61 Å². The van der Waals surface area contributed by atoms with Gasteiger partial charge >= 0.3 is 0 Å². The highest BCUT2D eigenvalue weighted by molar-refractivity contribution is 7.99. The van der Waals surface area contributed by atoms with E-state index in [0.717, 1.165) is 28.5 Å². The zero-order valence-corrected chi connectivity index (χ0v) is 12.8. The second kappa shape index (κ2) is 8.20. The minimum Gasteiger partial charge on any atom is -0.493 e. The molecule has 0 spiro atoms. The number of rotatable bonds is 7. The number of para-hydroxylation sites is 1. The van der Waals surface area contributed by atoms with Crippen molar-refractivity contribution in [2.24, 2.45) is 5.73 Å². The molecule has 2 rings (SSSR count). The molecule has 0 aliphatic heterocycles. The molecule has 0 amide bonds. The van der Waals surface area contributed by atoms with E-state index in [9.17, 15) is 0 Å². The van der Waals surface area contributed by atoms with Crippen molar-refractivity contribution in [3.8, 4) is 5.75 Å². The Balaban J connectivity index is 1.70. The van der Waals surface area contributed by atoms with Crippen LogP contribution in [0.5, 0.6) is 5.75 Å². The smallest absolute Gasteiger partial charge is 0.123 e. The lowest BCUT2D eigenvalue weighted by Crippen LogP contribution is -2.04. The molecule has 0 bridgehead atoms. The molecule has 4 heteroatoms. The quantitative estimate of drug-likeness (QED) is 0.610. The molecular formula is C16H18ClNOS. The summed E-state index contributed by atoms with van der Waals surface area (Å²) in [5, 5.41) is 0.774. The monoisotopic (exact) mass is 307 g/mol. The number of hydrogen-bond acceptors (Lipinski definition) is 3. The largest absolute Gasteiger partial charge is 0.493 e. The van der Waals surface area contributed by atoms with Gasteiger partial charge in [0.15, 0.2) is 0 Å². The van der Waals surface area contributed by atoms with Crippen LogP contribution in [0.2, 0.25) is 5.02 Å². The zero-order valence-electron chi connectivity index (χ0n) is 11.2. The van der Waals surface area contributed by atoms with Gasteiger partial charge in [-0.05, 0) is 36.8 Å². The van der Waals surface area contributed by atoms with Gasteiger partial charge in [-0.2, -0.15) is 0 Å². The van der Waals surface area contributed by atoms with Gasteiger partial charge in [-0.1, -0.05) is 29.8 Å². The number of ether oxygens (including phenoxy) is 1. The molecule has 0 fully saturated rings. The lowest BCUT2D eigenvalue weighted by molar-refractivity contribution is 0.315. The van der Waals surface area contributed by atoms with Crippen LogP contribution in [0, 0.1) is 0 Å². The molecule has 2 aromatic carbocycles. The van der Waals surface area contributed by atoms with Crippen LogP contribution in [0.15, 0.2) is 53.4 Å². The summed E-state index contributed by atoms with van der Waals surface area (Å²) in [5.74, 6) is 1.92. The van der Waals surface area contributed by atoms with E-state index in [1.54, 1.807) is 0 Å². The molecule has 0 saturated carbocycles. The van der Waals surface area contributed by atoms with Crippen LogP contribution in [-0.2, 0) is 6.54 Å². The molecule has 0 saturated heterocycles. The summed E-state index contributed by atoms with van der Waals surface area (Å²) in [6.45, 7) is 1.22.